The third-order valence-corrected chi connectivity index (χ3v) is 4.17. The number of carbonyl (C=O) groups excluding carboxylic acids is 1. The van der Waals surface area contributed by atoms with E-state index in [0.717, 1.165) is 22.7 Å². The molecule has 0 aliphatic carbocycles. The maximum atomic E-state index is 13.2. The van der Waals surface area contributed by atoms with Crippen LogP contribution in [0.25, 0.3) is 0 Å². The Morgan fingerprint density at radius 3 is 1.85 bits per heavy atom. The van der Waals surface area contributed by atoms with Crippen LogP contribution in [0.2, 0.25) is 0 Å². The molecule has 132 valence electrons. The molecule has 0 amide bonds. The summed E-state index contributed by atoms with van der Waals surface area (Å²) < 4.78 is 10.4. The number of ether oxygens (including phenoxy) is 2. The van der Waals surface area contributed by atoms with Gasteiger partial charge < -0.3 is 14.8 Å². The highest BCUT2D eigenvalue weighted by Crippen LogP contribution is 2.26. The van der Waals surface area contributed by atoms with Crippen LogP contribution >= 0.6 is 0 Å². The molecule has 0 bridgehead atoms. The molecule has 3 aromatic carbocycles. The van der Waals surface area contributed by atoms with Crippen LogP contribution in [0.1, 0.15) is 22.0 Å². The van der Waals surface area contributed by atoms with Gasteiger partial charge in [-0.25, -0.2) is 0 Å². The van der Waals surface area contributed by atoms with Gasteiger partial charge in [0, 0.05) is 11.3 Å². The summed E-state index contributed by atoms with van der Waals surface area (Å²) in [5, 5.41) is 3.34. The van der Waals surface area contributed by atoms with Gasteiger partial charge in [-0.15, -0.1) is 0 Å². The number of benzene rings is 3. The second kappa shape index (κ2) is 8.21. The smallest absolute Gasteiger partial charge is 0.189 e. The number of nitrogens with one attached hydrogen (secondary N) is 1. The molecule has 3 rings (SSSR count). The minimum absolute atomic E-state index is 0.0123. The number of Topliss-reactive ketones (excluding diaryl/α,β-unsaturated/α-hetero) is 1. The maximum Gasteiger partial charge on any atom is 0.189 e. The molecule has 1 N–H and O–H groups in total. The van der Waals surface area contributed by atoms with Crippen LogP contribution in [-0.2, 0) is 0 Å². The van der Waals surface area contributed by atoms with Crippen molar-refractivity contribution in [2.24, 2.45) is 0 Å². The summed E-state index contributed by atoms with van der Waals surface area (Å²) in [6, 6.07) is 23.9. The average molecular weight is 347 g/mol. The molecule has 0 aromatic heterocycles. The van der Waals surface area contributed by atoms with E-state index in [0.29, 0.717) is 5.56 Å². The summed E-state index contributed by atoms with van der Waals surface area (Å²) in [6.45, 7) is 0. The molecule has 0 unspecified atom stereocenters. The number of hydrogen-bond donors (Lipinski definition) is 1. The fraction of sp³-hybridized carbons (Fsp3) is 0.136. The molecule has 0 heterocycles. The topological polar surface area (TPSA) is 47.6 Å². The Morgan fingerprint density at radius 1 is 0.769 bits per heavy atom. The van der Waals surface area contributed by atoms with E-state index >= 15 is 0 Å². The van der Waals surface area contributed by atoms with Gasteiger partial charge in [0.05, 0.1) is 14.2 Å². The fourth-order valence-corrected chi connectivity index (χ4v) is 2.72. The Kier molecular flexibility index (Phi) is 5.54. The molecule has 0 radical (unpaired) electrons. The summed E-state index contributed by atoms with van der Waals surface area (Å²) in [4.78, 5) is 13.2. The summed E-state index contributed by atoms with van der Waals surface area (Å²) in [5.41, 5.74) is 2.38. The first-order valence-corrected chi connectivity index (χ1v) is 8.35. The van der Waals surface area contributed by atoms with Crippen molar-refractivity contribution in [2.45, 2.75) is 6.04 Å². The number of para-hydroxylation sites is 1. The van der Waals surface area contributed by atoms with Gasteiger partial charge in [0.1, 0.15) is 17.5 Å². The molecule has 0 spiro atoms. The quantitative estimate of drug-likeness (QED) is 0.627. The Labute approximate surface area is 153 Å². The summed E-state index contributed by atoms with van der Waals surface area (Å²) in [7, 11) is 3.23. The highest BCUT2D eigenvalue weighted by molar-refractivity contribution is 6.02. The van der Waals surface area contributed by atoms with Crippen LogP contribution in [0, 0.1) is 0 Å². The zero-order chi connectivity index (χ0) is 18.4. The van der Waals surface area contributed by atoms with E-state index in [-0.39, 0.29) is 5.78 Å². The molecular formula is C22H21NO3. The van der Waals surface area contributed by atoms with Crippen LogP contribution in [0.5, 0.6) is 11.5 Å². The molecule has 0 aliphatic rings. The largest absolute Gasteiger partial charge is 0.497 e. The first-order valence-electron chi connectivity index (χ1n) is 8.35. The minimum atomic E-state index is -0.503. The third-order valence-electron chi connectivity index (χ3n) is 4.17. The van der Waals surface area contributed by atoms with Gasteiger partial charge in [-0.1, -0.05) is 30.3 Å². The standard InChI is InChI=1S/C22H21NO3/c1-25-19-12-8-16(9-13-19)21(23-18-6-4-3-5-7-18)22(24)17-10-14-20(26-2)15-11-17/h3-15,21,23H,1-2H3/t21-/m1/s1. The lowest BCUT2D eigenvalue weighted by atomic mass is 9.97. The molecule has 4 heteroatoms. The van der Waals surface area contributed by atoms with E-state index in [1.807, 2.05) is 54.6 Å². The molecule has 1 atom stereocenters. The number of anilines is 1. The molecule has 4 nitrogen and oxygen atoms in total. The van der Waals surface area contributed by atoms with Gasteiger partial charge in [-0.2, -0.15) is 0 Å². The summed E-state index contributed by atoms with van der Waals surface area (Å²) in [5.74, 6) is 1.46. The van der Waals surface area contributed by atoms with Crippen molar-refractivity contribution in [3.63, 3.8) is 0 Å². The Hall–Kier alpha value is -3.27. The number of rotatable bonds is 7. The lowest BCUT2D eigenvalue weighted by molar-refractivity contribution is 0.0969. The van der Waals surface area contributed by atoms with Gasteiger partial charge in [-0.05, 0) is 54.1 Å². The second-order valence-corrected chi connectivity index (χ2v) is 5.81. The van der Waals surface area contributed by atoms with Crippen LogP contribution in [0.15, 0.2) is 78.9 Å². The Balaban J connectivity index is 1.93. The van der Waals surface area contributed by atoms with Gasteiger partial charge in [-0.3, -0.25) is 4.79 Å². The minimum Gasteiger partial charge on any atom is -0.497 e. The first-order chi connectivity index (χ1) is 12.7. The Bertz CT molecular complexity index is 843. The van der Waals surface area contributed by atoms with E-state index < -0.39 is 6.04 Å². The van der Waals surface area contributed by atoms with Gasteiger partial charge >= 0.3 is 0 Å². The second-order valence-electron chi connectivity index (χ2n) is 5.81. The third kappa shape index (κ3) is 4.03. The first kappa shape index (κ1) is 17.5. The molecule has 0 fully saturated rings. The zero-order valence-corrected chi connectivity index (χ0v) is 14.8. The van der Waals surface area contributed by atoms with Crippen molar-refractivity contribution in [3.8, 4) is 11.5 Å². The predicted molar refractivity (Wildman–Crippen MR) is 103 cm³/mol. The molecule has 26 heavy (non-hydrogen) atoms. The number of carbonyl (C=O) groups is 1. The van der Waals surface area contributed by atoms with Crippen molar-refractivity contribution < 1.29 is 14.3 Å². The van der Waals surface area contributed by atoms with Crippen LogP contribution in [-0.4, -0.2) is 20.0 Å². The van der Waals surface area contributed by atoms with Crippen molar-refractivity contribution in [2.75, 3.05) is 19.5 Å². The van der Waals surface area contributed by atoms with Gasteiger partial charge in [0.15, 0.2) is 5.78 Å². The highest BCUT2D eigenvalue weighted by atomic mass is 16.5. The molecule has 0 saturated heterocycles. The molecule has 0 saturated carbocycles. The van der Waals surface area contributed by atoms with Crippen molar-refractivity contribution in [3.05, 3.63) is 90.0 Å². The zero-order valence-electron chi connectivity index (χ0n) is 14.8. The van der Waals surface area contributed by atoms with E-state index in [1.54, 1.807) is 38.5 Å². The SMILES string of the molecule is COc1ccc(C(=O)[C@H](Nc2ccccc2)c2ccc(OC)cc2)cc1. The normalized spacial score (nSPS) is 11.5. The van der Waals surface area contributed by atoms with Crippen LogP contribution in [0.4, 0.5) is 5.69 Å². The average Bonchev–Trinajstić information content (AvgIpc) is 2.72. The molecule has 0 aliphatic heterocycles. The lowest BCUT2D eigenvalue weighted by Gasteiger charge is -2.20. The number of methoxy groups -OCH3 is 2. The summed E-state index contributed by atoms with van der Waals surface area (Å²) in [6.07, 6.45) is 0. The molecular weight excluding hydrogens is 326 g/mol. The van der Waals surface area contributed by atoms with E-state index in [1.165, 1.54) is 0 Å². The van der Waals surface area contributed by atoms with Crippen molar-refractivity contribution >= 4 is 11.5 Å². The monoisotopic (exact) mass is 347 g/mol. The van der Waals surface area contributed by atoms with E-state index in [4.69, 9.17) is 9.47 Å². The fourth-order valence-electron chi connectivity index (χ4n) is 2.72. The van der Waals surface area contributed by atoms with Crippen molar-refractivity contribution in [1.29, 1.82) is 0 Å². The molecule has 3 aromatic rings. The van der Waals surface area contributed by atoms with Gasteiger partial charge in [0.2, 0.25) is 0 Å². The Morgan fingerprint density at radius 2 is 1.31 bits per heavy atom. The van der Waals surface area contributed by atoms with E-state index in [2.05, 4.69) is 5.32 Å². The van der Waals surface area contributed by atoms with Crippen molar-refractivity contribution in [1.82, 2.24) is 0 Å². The van der Waals surface area contributed by atoms with Crippen LogP contribution in [0.3, 0.4) is 0 Å². The number of ketones is 1. The summed E-state index contributed by atoms with van der Waals surface area (Å²) >= 11 is 0. The number of hydrogen-bond acceptors (Lipinski definition) is 4. The highest BCUT2D eigenvalue weighted by Gasteiger charge is 2.22. The van der Waals surface area contributed by atoms with E-state index in [9.17, 15) is 4.79 Å². The predicted octanol–water partition coefficient (Wildman–Crippen LogP) is 4.74. The maximum absolute atomic E-state index is 13.2. The van der Waals surface area contributed by atoms with Gasteiger partial charge in [0.25, 0.3) is 0 Å². The lowest BCUT2D eigenvalue weighted by Crippen LogP contribution is -2.21. The van der Waals surface area contributed by atoms with Crippen LogP contribution < -0.4 is 14.8 Å².